The topological polar surface area (TPSA) is 0 Å². The monoisotopic (exact) mass is 124 g/mol. The molecule has 0 N–H and O–H groups in total. The van der Waals surface area contributed by atoms with Crippen LogP contribution in [0, 0.1) is 5.92 Å². The Morgan fingerprint density at radius 2 is 2.11 bits per heavy atom. The second-order valence-corrected chi connectivity index (χ2v) is 3.01. The van der Waals surface area contributed by atoms with Gasteiger partial charge in [-0.2, -0.15) is 0 Å². The zero-order valence-electron chi connectivity index (χ0n) is 6.48. The highest BCUT2D eigenvalue weighted by Gasteiger charge is 2.17. The first-order valence-electron chi connectivity index (χ1n) is 4.03. The molecule has 0 spiro atoms. The molecule has 0 aliphatic heterocycles. The second-order valence-electron chi connectivity index (χ2n) is 3.01. The van der Waals surface area contributed by atoms with E-state index >= 15 is 0 Å². The summed E-state index contributed by atoms with van der Waals surface area (Å²) >= 11 is 0. The Balaban J connectivity index is 1.85. The molecule has 0 aromatic carbocycles. The summed E-state index contributed by atoms with van der Waals surface area (Å²) in [6, 6.07) is 0. The maximum Gasteiger partial charge on any atom is -0.00230 e. The van der Waals surface area contributed by atoms with E-state index in [0.717, 1.165) is 5.92 Å². The van der Waals surface area contributed by atoms with Crippen LogP contribution in [0.4, 0.5) is 0 Å². The number of rotatable bonds is 4. The lowest BCUT2D eigenvalue weighted by atomic mass is 10.1. The van der Waals surface area contributed by atoms with Gasteiger partial charge < -0.3 is 0 Å². The molecule has 0 heteroatoms. The molecule has 1 aliphatic carbocycles. The van der Waals surface area contributed by atoms with E-state index in [1.165, 1.54) is 25.7 Å². The zero-order valence-corrected chi connectivity index (χ0v) is 6.48. The van der Waals surface area contributed by atoms with E-state index in [1.807, 2.05) is 0 Å². The van der Waals surface area contributed by atoms with Gasteiger partial charge in [-0.05, 0) is 19.3 Å². The van der Waals surface area contributed by atoms with Crippen molar-refractivity contribution in [3.63, 3.8) is 0 Å². The standard InChI is InChI=1S/C9H16/c1-3-4-5-6-9-7-8(9)2/h7,9H,3-6H2,1-2H3. The van der Waals surface area contributed by atoms with Crippen molar-refractivity contribution in [3.05, 3.63) is 11.6 Å². The van der Waals surface area contributed by atoms with E-state index in [1.54, 1.807) is 5.57 Å². The van der Waals surface area contributed by atoms with E-state index in [0.29, 0.717) is 0 Å². The molecule has 0 radical (unpaired) electrons. The minimum Gasteiger partial charge on any atom is -0.0778 e. The predicted octanol–water partition coefficient (Wildman–Crippen LogP) is 3.14. The molecule has 0 aromatic rings. The van der Waals surface area contributed by atoms with Crippen molar-refractivity contribution in [2.45, 2.75) is 39.5 Å². The van der Waals surface area contributed by atoms with E-state index in [4.69, 9.17) is 0 Å². The molecule has 0 heterocycles. The van der Waals surface area contributed by atoms with E-state index < -0.39 is 0 Å². The third kappa shape index (κ3) is 2.21. The van der Waals surface area contributed by atoms with Crippen LogP contribution in [0.3, 0.4) is 0 Å². The minimum absolute atomic E-state index is 0.913. The SMILES string of the molecule is CCCCCC1C=C1C. The van der Waals surface area contributed by atoms with E-state index in [2.05, 4.69) is 19.9 Å². The summed E-state index contributed by atoms with van der Waals surface area (Å²) in [6.45, 7) is 4.49. The van der Waals surface area contributed by atoms with Crippen molar-refractivity contribution in [1.82, 2.24) is 0 Å². The lowest BCUT2D eigenvalue weighted by molar-refractivity contribution is 0.636. The summed E-state index contributed by atoms with van der Waals surface area (Å²) in [5, 5.41) is 0. The third-order valence-electron chi connectivity index (χ3n) is 2.06. The lowest BCUT2D eigenvalue weighted by Gasteiger charge is -1.95. The maximum atomic E-state index is 2.37. The van der Waals surface area contributed by atoms with Crippen LogP contribution in [0.2, 0.25) is 0 Å². The fourth-order valence-electron chi connectivity index (χ4n) is 1.19. The van der Waals surface area contributed by atoms with Crippen molar-refractivity contribution in [3.8, 4) is 0 Å². The van der Waals surface area contributed by atoms with Gasteiger partial charge in [0.25, 0.3) is 0 Å². The van der Waals surface area contributed by atoms with Gasteiger partial charge in [0.2, 0.25) is 0 Å². The summed E-state index contributed by atoms with van der Waals surface area (Å²) < 4.78 is 0. The highest BCUT2D eigenvalue weighted by atomic mass is 14.2. The molecule has 0 bridgehead atoms. The third-order valence-corrected chi connectivity index (χ3v) is 2.06. The second kappa shape index (κ2) is 3.05. The lowest BCUT2D eigenvalue weighted by Crippen LogP contribution is -1.80. The van der Waals surface area contributed by atoms with Gasteiger partial charge in [0.05, 0.1) is 0 Å². The average molecular weight is 124 g/mol. The number of allylic oxidation sites excluding steroid dienone is 2. The molecular weight excluding hydrogens is 108 g/mol. The molecule has 0 amide bonds. The van der Waals surface area contributed by atoms with Gasteiger partial charge in [-0.15, -0.1) is 0 Å². The zero-order chi connectivity index (χ0) is 6.69. The molecule has 52 valence electrons. The van der Waals surface area contributed by atoms with Gasteiger partial charge in [0.1, 0.15) is 0 Å². The molecule has 0 nitrogen and oxygen atoms in total. The fraction of sp³-hybridized carbons (Fsp3) is 0.778. The molecule has 1 unspecified atom stereocenters. The molecular formula is C9H16. The summed E-state index contributed by atoms with van der Waals surface area (Å²) in [5.41, 5.74) is 1.62. The van der Waals surface area contributed by atoms with Crippen molar-refractivity contribution in [1.29, 1.82) is 0 Å². The number of hydrogen-bond donors (Lipinski definition) is 0. The van der Waals surface area contributed by atoms with Crippen LogP contribution in [0.15, 0.2) is 11.6 Å². The molecule has 1 aliphatic rings. The van der Waals surface area contributed by atoms with E-state index in [-0.39, 0.29) is 0 Å². The summed E-state index contributed by atoms with van der Waals surface area (Å²) in [7, 11) is 0. The van der Waals surface area contributed by atoms with Crippen molar-refractivity contribution >= 4 is 0 Å². The van der Waals surface area contributed by atoms with Crippen molar-refractivity contribution in [2.75, 3.05) is 0 Å². The van der Waals surface area contributed by atoms with Gasteiger partial charge in [-0.1, -0.05) is 37.8 Å². The van der Waals surface area contributed by atoms with Crippen molar-refractivity contribution < 1.29 is 0 Å². The molecule has 0 aromatic heterocycles. The number of hydrogen-bond acceptors (Lipinski definition) is 0. The Morgan fingerprint density at radius 3 is 2.56 bits per heavy atom. The molecule has 0 saturated carbocycles. The first-order valence-corrected chi connectivity index (χ1v) is 4.03. The molecule has 0 fully saturated rings. The summed E-state index contributed by atoms with van der Waals surface area (Å²) in [5.74, 6) is 0.913. The Kier molecular flexibility index (Phi) is 2.32. The Morgan fingerprint density at radius 1 is 1.44 bits per heavy atom. The Labute approximate surface area is 58.0 Å². The van der Waals surface area contributed by atoms with Gasteiger partial charge in [-0.25, -0.2) is 0 Å². The fourth-order valence-corrected chi connectivity index (χ4v) is 1.19. The van der Waals surface area contributed by atoms with Gasteiger partial charge in [0, 0.05) is 0 Å². The predicted molar refractivity (Wildman–Crippen MR) is 41.4 cm³/mol. The van der Waals surface area contributed by atoms with Gasteiger partial charge in [0.15, 0.2) is 0 Å². The Hall–Kier alpha value is -0.260. The maximum absolute atomic E-state index is 2.37. The van der Waals surface area contributed by atoms with Crippen LogP contribution < -0.4 is 0 Å². The quantitative estimate of drug-likeness (QED) is 0.399. The molecule has 1 rings (SSSR count). The van der Waals surface area contributed by atoms with Crippen LogP contribution in [-0.2, 0) is 0 Å². The van der Waals surface area contributed by atoms with Gasteiger partial charge in [-0.3, -0.25) is 0 Å². The van der Waals surface area contributed by atoms with Crippen molar-refractivity contribution in [2.24, 2.45) is 5.92 Å². The minimum atomic E-state index is 0.913. The van der Waals surface area contributed by atoms with Crippen LogP contribution >= 0.6 is 0 Å². The molecule has 0 saturated heterocycles. The average Bonchev–Trinajstić information content (AvgIpc) is 2.48. The summed E-state index contributed by atoms with van der Waals surface area (Å²) in [4.78, 5) is 0. The van der Waals surface area contributed by atoms with Gasteiger partial charge >= 0.3 is 0 Å². The summed E-state index contributed by atoms with van der Waals surface area (Å²) in [6.07, 6.45) is 7.98. The van der Waals surface area contributed by atoms with Crippen LogP contribution in [0.25, 0.3) is 0 Å². The first-order chi connectivity index (χ1) is 4.34. The largest absolute Gasteiger partial charge is 0.0778 e. The highest BCUT2D eigenvalue weighted by Crippen LogP contribution is 2.32. The van der Waals surface area contributed by atoms with E-state index in [9.17, 15) is 0 Å². The first kappa shape index (κ1) is 6.85. The Bertz CT molecular complexity index is 111. The van der Waals surface area contributed by atoms with Crippen LogP contribution in [-0.4, -0.2) is 0 Å². The van der Waals surface area contributed by atoms with Crippen LogP contribution in [0.1, 0.15) is 39.5 Å². The number of unbranched alkanes of at least 4 members (excludes halogenated alkanes) is 2. The molecule has 1 atom stereocenters. The highest BCUT2D eigenvalue weighted by molar-refractivity contribution is 5.26. The normalized spacial score (nSPS) is 23.8. The smallest absolute Gasteiger partial charge is 0.00230 e. The molecule has 9 heavy (non-hydrogen) atoms. The van der Waals surface area contributed by atoms with Crippen LogP contribution in [0.5, 0.6) is 0 Å².